The highest BCUT2D eigenvalue weighted by molar-refractivity contribution is 5.78. The van der Waals surface area contributed by atoms with Gasteiger partial charge in [0.25, 0.3) is 0 Å². The van der Waals surface area contributed by atoms with E-state index >= 15 is 0 Å². The molecule has 2 N–H and O–H groups in total. The molecule has 0 saturated carbocycles. The number of nitrogens with one attached hydrogen (secondary N) is 1. The van der Waals surface area contributed by atoms with Crippen molar-refractivity contribution < 1.29 is 14.7 Å². The molecular formula is C12H24N2O3. The van der Waals surface area contributed by atoms with Crippen LogP contribution in [-0.4, -0.2) is 41.1 Å². The first-order chi connectivity index (χ1) is 7.78. The Labute approximate surface area is 103 Å². The largest absolute Gasteiger partial charge is 0.481 e. The predicted octanol–water partition coefficient (Wildman–Crippen LogP) is 1.93. The van der Waals surface area contributed by atoms with Crippen molar-refractivity contribution in [2.45, 2.75) is 47.1 Å². The number of carbonyl (C=O) groups excluding carboxylic acids is 1. The Balaban J connectivity index is 4.46. The first-order valence-electron chi connectivity index (χ1n) is 6.06. The van der Waals surface area contributed by atoms with Gasteiger partial charge in [-0.1, -0.05) is 6.92 Å². The van der Waals surface area contributed by atoms with E-state index in [1.54, 1.807) is 18.7 Å². The number of urea groups is 1. The third-order valence-electron chi connectivity index (χ3n) is 3.15. The first kappa shape index (κ1) is 15.7. The molecule has 0 aliphatic heterocycles. The molecular weight excluding hydrogens is 220 g/mol. The lowest BCUT2D eigenvalue weighted by atomic mass is 9.88. The molecule has 0 saturated heterocycles. The zero-order chi connectivity index (χ0) is 13.6. The maximum Gasteiger partial charge on any atom is 0.317 e. The monoisotopic (exact) mass is 244 g/mol. The quantitative estimate of drug-likeness (QED) is 0.750. The van der Waals surface area contributed by atoms with Crippen LogP contribution >= 0.6 is 0 Å². The van der Waals surface area contributed by atoms with E-state index in [1.807, 2.05) is 20.8 Å². The van der Waals surface area contributed by atoms with E-state index in [9.17, 15) is 9.59 Å². The average Bonchev–Trinajstić information content (AvgIpc) is 2.26. The van der Waals surface area contributed by atoms with E-state index in [0.717, 1.165) is 0 Å². The minimum Gasteiger partial charge on any atom is -0.481 e. The maximum atomic E-state index is 11.8. The fourth-order valence-corrected chi connectivity index (χ4v) is 1.47. The van der Waals surface area contributed by atoms with Gasteiger partial charge in [0.1, 0.15) is 0 Å². The number of hydrogen-bond acceptors (Lipinski definition) is 2. The molecule has 0 bridgehead atoms. The molecule has 5 heteroatoms. The molecule has 0 heterocycles. The van der Waals surface area contributed by atoms with Crippen molar-refractivity contribution in [3.63, 3.8) is 0 Å². The van der Waals surface area contributed by atoms with E-state index in [2.05, 4.69) is 5.32 Å². The molecule has 5 nitrogen and oxygen atoms in total. The van der Waals surface area contributed by atoms with Crippen molar-refractivity contribution in [1.82, 2.24) is 10.2 Å². The standard InChI is InChI=1S/C12H24N2O3/c1-6-12(5,10(15)16)8-13-11(17)14(7-2)9(3)4/h9H,6-8H2,1-5H3,(H,13,17)(H,15,16). The number of rotatable bonds is 6. The van der Waals surface area contributed by atoms with Crippen LogP contribution in [0.4, 0.5) is 4.79 Å². The highest BCUT2D eigenvalue weighted by Crippen LogP contribution is 2.20. The molecule has 0 spiro atoms. The lowest BCUT2D eigenvalue weighted by Crippen LogP contribution is -2.48. The molecule has 0 aromatic rings. The molecule has 100 valence electrons. The summed E-state index contributed by atoms with van der Waals surface area (Å²) >= 11 is 0. The topological polar surface area (TPSA) is 69.6 Å². The van der Waals surface area contributed by atoms with E-state index in [0.29, 0.717) is 13.0 Å². The van der Waals surface area contributed by atoms with Crippen molar-refractivity contribution in [2.75, 3.05) is 13.1 Å². The highest BCUT2D eigenvalue weighted by Gasteiger charge is 2.32. The fraction of sp³-hybridized carbons (Fsp3) is 0.833. The molecule has 0 rings (SSSR count). The van der Waals surface area contributed by atoms with Gasteiger partial charge in [-0.2, -0.15) is 0 Å². The summed E-state index contributed by atoms with van der Waals surface area (Å²) < 4.78 is 0. The Bertz CT molecular complexity index is 279. The molecule has 0 aromatic heterocycles. The van der Waals surface area contributed by atoms with Gasteiger partial charge in [0.15, 0.2) is 0 Å². The van der Waals surface area contributed by atoms with Gasteiger partial charge in [0.2, 0.25) is 0 Å². The fourth-order valence-electron chi connectivity index (χ4n) is 1.47. The van der Waals surface area contributed by atoms with Crippen molar-refractivity contribution in [1.29, 1.82) is 0 Å². The number of carboxylic acid groups (broad SMARTS) is 1. The van der Waals surface area contributed by atoms with Crippen LogP contribution in [0.25, 0.3) is 0 Å². The Kier molecular flexibility index (Phi) is 5.99. The number of amides is 2. The van der Waals surface area contributed by atoms with Gasteiger partial charge in [-0.15, -0.1) is 0 Å². The molecule has 1 unspecified atom stereocenters. The number of nitrogens with zero attached hydrogens (tertiary/aromatic N) is 1. The van der Waals surface area contributed by atoms with Crippen molar-refractivity contribution >= 4 is 12.0 Å². The Morgan fingerprint density at radius 1 is 1.35 bits per heavy atom. The van der Waals surface area contributed by atoms with Gasteiger partial charge in [-0.05, 0) is 34.1 Å². The summed E-state index contributed by atoms with van der Waals surface area (Å²) in [6, 6.07) is -0.0962. The number of hydrogen-bond donors (Lipinski definition) is 2. The van der Waals surface area contributed by atoms with Crippen LogP contribution in [0.2, 0.25) is 0 Å². The lowest BCUT2D eigenvalue weighted by Gasteiger charge is -2.28. The Morgan fingerprint density at radius 2 is 1.88 bits per heavy atom. The van der Waals surface area contributed by atoms with Gasteiger partial charge in [0.05, 0.1) is 5.41 Å². The number of aliphatic carboxylic acids is 1. The van der Waals surface area contributed by atoms with Gasteiger partial charge in [-0.25, -0.2) is 4.79 Å². The van der Waals surface area contributed by atoms with E-state index in [1.165, 1.54) is 0 Å². The maximum absolute atomic E-state index is 11.8. The molecule has 0 aliphatic rings. The second kappa shape index (κ2) is 6.47. The molecule has 0 radical (unpaired) electrons. The minimum absolute atomic E-state index is 0.109. The summed E-state index contributed by atoms with van der Waals surface area (Å²) in [4.78, 5) is 24.6. The molecule has 1 atom stereocenters. The molecule has 17 heavy (non-hydrogen) atoms. The molecule has 0 aromatic carbocycles. The van der Waals surface area contributed by atoms with Crippen molar-refractivity contribution in [2.24, 2.45) is 5.41 Å². The number of carboxylic acids is 1. The SMILES string of the molecule is CCN(C(=O)NCC(C)(CC)C(=O)O)C(C)C. The third-order valence-corrected chi connectivity index (χ3v) is 3.15. The van der Waals surface area contributed by atoms with E-state index in [-0.39, 0.29) is 18.6 Å². The Morgan fingerprint density at radius 3 is 2.18 bits per heavy atom. The van der Waals surface area contributed by atoms with Crippen LogP contribution < -0.4 is 5.32 Å². The van der Waals surface area contributed by atoms with Crippen molar-refractivity contribution in [3.8, 4) is 0 Å². The summed E-state index contributed by atoms with van der Waals surface area (Å²) in [6.07, 6.45) is 0.483. The Hall–Kier alpha value is -1.26. The minimum atomic E-state index is -0.897. The zero-order valence-corrected chi connectivity index (χ0v) is 11.4. The lowest BCUT2D eigenvalue weighted by molar-refractivity contribution is -0.147. The molecule has 2 amide bonds. The van der Waals surface area contributed by atoms with Crippen LogP contribution in [0.5, 0.6) is 0 Å². The van der Waals surface area contributed by atoms with Crippen molar-refractivity contribution in [3.05, 3.63) is 0 Å². The predicted molar refractivity (Wildman–Crippen MR) is 66.9 cm³/mol. The van der Waals surface area contributed by atoms with Crippen LogP contribution in [0, 0.1) is 5.41 Å². The second-order valence-corrected chi connectivity index (χ2v) is 4.76. The van der Waals surface area contributed by atoms with Crippen LogP contribution in [0.15, 0.2) is 0 Å². The zero-order valence-electron chi connectivity index (χ0n) is 11.4. The van der Waals surface area contributed by atoms with Gasteiger partial charge < -0.3 is 15.3 Å². The average molecular weight is 244 g/mol. The first-order valence-corrected chi connectivity index (χ1v) is 6.06. The normalized spacial score (nSPS) is 14.2. The van der Waals surface area contributed by atoms with Gasteiger partial charge >= 0.3 is 12.0 Å². The van der Waals surface area contributed by atoms with E-state index < -0.39 is 11.4 Å². The molecule has 0 fully saturated rings. The summed E-state index contributed by atoms with van der Waals surface area (Å²) in [5.74, 6) is -0.882. The van der Waals surface area contributed by atoms with Gasteiger partial charge in [-0.3, -0.25) is 4.79 Å². The van der Waals surface area contributed by atoms with Crippen LogP contribution in [-0.2, 0) is 4.79 Å². The summed E-state index contributed by atoms with van der Waals surface area (Å²) in [5.41, 5.74) is -0.897. The molecule has 0 aliphatic carbocycles. The summed E-state index contributed by atoms with van der Waals surface area (Å²) in [5, 5.41) is 11.8. The second-order valence-electron chi connectivity index (χ2n) is 4.76. The highest BCUT2D eigenvalue weighted by atomic mass is 16.4. The number of carbonyl (C=O) groups is 2. The smallest absolute Gasteiger partial charge is 0.317 e. The summed E-state index contributed by atoms with van der Waals surface area (Å²) in [7, 11) is 0. The third kappa shape index (κ3) is 4.24. The van der Waals surface area contributed by atoms with E-state index in [4.69, 9.17) is 5.11 Å². The van der Waals surface area contributed by atoms with Crippen LogP contribution in [0.3, 0.4) is 0 Å². The summed E-state index contributed by atoms with van der Waals surface area (Å²) in [6.45, 7) is 9.97. The van der Waals surface area contributed by atoms with Gasteiger partial charge in [0, 0.05) is 19.1 Å². The van der Waals surface area contributed by atoms with Crippen LogP contribution in [0.1, 0.15) is 41.0 Å².